The average molecular weight is 436 g/mol. The molecule has 4 heterocycles. The number of methoxy groups -OCH3 is 1. The number of carbonyl (C=O) groups is 1. The molecule has 1 unspecified atom stereocenters. The average Bonchev–Trinajstić information content (AvgIpc) is 3.59. The van der Waals surface area contributed by atoms with E-state index >= 15 is 0 Å². The van der Waals surface area contributed by atoms with Crippen molar-refractivity contribution in [3.05, 3.63) is 58.7 Å². The molecule has 4 aromatic rings. The third-order valence-corrected chi connectivity index (χ3v) is 6.14. The number of carbonyl (C=O) groups excluding carboxylic acids is 1. The van der Waals surface area contributed by atoms with Crippen LogP contribution in [0, 0.1) is 0 Å². The molecule has 0 spiro atoms. The SMILES string of the molecule is COc1ccccc1-c1cc(C(=O)N2CCCC(c3nnc(-c4ccsc4)o3)C2)[nH]n1. The van der Waals surface area contributed by atoms with Crippen LogP contribution in [0.25, 0.3) is 22.7 Å². The number of likely N-dealkylation sites (tertiary alicyclic amines) is 1. The topological polar surface area (TPSA) is 97.1 Å². The van der Waals surface area contributed by atoms with E-state index in [1.54, 1.807) is 24.5 Å². The number of rotatable bonds is 5. The zero-order valence-electron chi connectivity index (χ0n) is 16.9. The van der Waals surface area contributed by atoms with Gasteiger partial charge < -0.3 is 14.1 Å². The predicted octanol–water partition coefficient (Wildman–Crippen LogP) is 4.22. The van der Waals surface area contributed by atoms with E-state index < -0.39 is 0 Å². The van der Waals surface area contributed by atoms with E-state index in [4.69, 9.17) is 9.15 Å². The summed E-state index contributed by atoms with van der Waals surface area (Å²) in [7, 11) is 1.62. The first-order valence-corrected chi connectivity index (χ1v) is 11.0. The molecule has 0 aliphatic carbocycles. The van der Waals surface area contributed by atoms with E-state index in [0.29, 0.717) is 42.0 Å². The second-order valence-corrected chi connectivity index (χ2v) is 8.19. The van der Waals surface area contributed by atoms with E-state index in [1.165, 1.54) is 0 Å². The molecular formula is C22H21N5O3S. The highest BCUT2D eigenvalue weighted by Gasteiger charge is 2.30. The van der Waals surface area contributed by atoms with Gasteiger partial charge >= 0.3 is 0 Å². The summed E-state index contributed by atoms with van der Waals surface area (Å²) in [6, 6.07) is 11.3. The summed E-state index contributed by atoms with van der Waals surface area (Å²) in [5, 5.41) is 19.6. The molecular weight excluding hydrogens is 414 g/mol. The molecule has 3 aromatic heterocycles. The molecule has 1 N–H and O–H groups in total. The molecule has 158 valence electrons. The monoisotopic (exact) mass is 435 g/mol. The van der Waals surface area contributed by atoms with Crippen molar-refractivity contribution in [3.63, 3.8) is 0 Å². The molecule has 1 aromatic carbocycles. The largest absolute Gasteiger partial charge is 0.496 e. The number of ether oxygens (including phenoxy) is 1. The minimum absolute atomic E-state index is 0.0224. The first-order chi connectivity index (χ1) is 15.2. The van der Waals surface area contributed by atoms with Crippen molar-refractivity contribution in [2.24, 2.45) is 0 Å². The van der Waals surface area contributed by atoms with Gasteiger partial charge in [0.1, 0.15) is 11.4 Å². The fourth-order valence-electron chi connectivity index (χ4n) is 3.86. The van der Waals surface area contributed by atoms with E-state index in [0.717, 1.165) is 24.0 Å². The van der Waals surface area contributed by atoms with Gasteiger partial charge in [0.25, 0.3) is 5.91 Å². The molecule has 1 aliphatic heterocycles. The Hall–Kier alpha value is -3.46. The lowest BCUT2D eigenvalue weighted by Crippen LogP contribution is -2.39. The molecule has 9 heteroatoms. The Kier molecular flexibility index (Phi) is 5.25. The van der Waals surface area contributed by atoms with Crippen LogP contribution in [0.5, 0.6) is 5.75 Å². The summed E-state index contributed by atoms with van der Waals surface area (Å²) >= 11 is 1.59. The molecule has 1 fully saturated rings. The summed E-state index contributed by atoms with van der Waals surface area (Å²) in [4.78, 5) is 14.9. The number of nitrogens with one attached hydrogen (secondary N) is 1. The Morgan fingerprint density at radius 2 is 2.19 bits per heavy atom. The molecule has 1 atom stereocenters. The van der Waals surface area contributed by atoms with Crippen molar-refractivity contribution in [1.29, 1.82) is 0 Å². The first kappa shape index (κ1) is 19.5. The van der Waals surface area contributed by atoms with Crippen LogP contribution in [0.4, 0.5) is 0 Å². The predicted molar refractivity (Wildman–Crippen MR) is 116 cm³/mol. The third kappa shape index (κ3) is 3.84. The first-order valence-electron chi connectivity index (χ1n) is 10.1. The Morgan fingerprint density at radius 3 is 3.03 bits per heavy atom. The van der Waals surface area contributed by atoms with Crippen LogP contribution in [0.15, 0.2) is 51.6 Å². The molecule has 31 heavy (non-hydrogen) atoms. The van der Waals surface area contributed by atoms with Gasteiger partial charge in [-0.05, 0) is 42.5 Å². The van der Waals surface area contributed by atoms with E-state index in [1.807, 2.05) is 46.0 Å². The van der Waals surface area contributed by atoms with Gasteiger partial charge in [-0.15, -0.1) is 10.2 Å². The maximum atomic E-state index is 13.1. The highest BCUT2D eigenvalue weighted by Crippen LogP contribution is 2.31. The molecule has 0 saturated carbocycles. The number of nitrogens with zero attached hydrogens (tertiary/aromatic N) is 4. The maximum absolute atomic E-state index is 13.1. The second kappa shape index (κ2) is 8.35. The number of amides is 1. The Labute approximate surface area is 182 Å². The lowest BCUT2D eigenvalue weighted by molar-refractivity contribution is 0.0692. The summed E-state index contributed by atoms with van der Waals surface area (Å²) < 4.78 is 11.3. The highest BCUT2D eigenvalue weighted by molar-refractivity contribution is 7.08. The van der Waals surface area contributed by atoms with Crippen molar-refractivity contribution in [3.8, 4) is 28.5 Å². The normalized spacial score (nSPS) is 16.4. The van der Waals surface area contributed by atoms with Crippen LogP contribution in [0.2, 0.25) is 0 Å². The lowest BCUT2D eigenvalue weighted by Gasteiger charge is -2.30. The minimum Gasteiger partial charge on any atom is -0.496 e. The molecule has 0 radical (unpaired) electrons. The number of hydrogen-bond acceptors (Lipinski definition) is 7. The van der Waals surface area contributed by atoms with Crippen LogP contribution in [-0.4, -0.2) is 51.4 Å². The number of hydrogen-bond donors (Lipinski definition) is 1. The number of aromatic amines is 1. The maximum Gasteiger partial charge on any atom is 0.271 e. The molecule has 1 saturated heterocycles. The molecule has 1 aliphatic rings. The van der Waals surface area contributed by atoms with Crippen LogP contribution in [-0.2, 0) is 0 Å². The van der Waals surface area contributed by atoms with Gasteiger partial charge in [-0.2, -0.15) is 16.4 Å². The van der Waals surface area contributed by atoms with Gasteiger partial charge in [0.15, 0.2) is 0 Å². The van der Waals surface area contributed by atoms with Crippen LogP contribution in [0.1, 0.15) is 35.1 Å². The Balaban J connectivity index is 1.32. The number of piperidine rings is 1. The fraction of sp³-hybridized carbons (Fsp3) is 0.273. The van der Waals surface area contributed by atoms with Gasteiger partial charge in [0, 0.05) is 29.6 Å². The van der Waals surface area contributed by atoms with Crippen LogP contribution >= 0.6 is 11.3 Å². The number of para-hydroxylation sites is 1. The molecule has 0 bridgehead atoms. The van der Waals surface area contributed by atoms with Gasteiger partial charge in [-0.1, -0.05) is 12.1 Å². The molecule has 8 nitrogen and oxygen atoms in total. The van der Waals surface area contributed by atoms with Crippen molar-refractivity contribution in [2.45, 2.75) is 18.8 Å². The summed E-state index contributed by atoms with van der Waals surface area (Å²) in [6.07, 6.45) is 1.78. The van der Waals surface area contributed by atoms with Crippen molar-refractivity contribution < 1.29 is 13.9 Å². The van der Waals surface area contributed by atoms with Crippen LogP contribution < -0.4 is 4.74 Å². The van der Waals surface area contributed by atoms with Crippen molar-refractivity contribution >= 4 is 17.2 Å². The van der Waals surface area contributed by atoms with Crippen LogP contribution in [0.3, 0.4) is 0 Å². The van der Waals surface area contributed by atoms with Gasteiger partial charge in [0.2, 0.25) is 11.8 Å². The second-order valence-electron chi connectivity index (χ2n) is 7.41. The molecule has 5 rings (SSSR count). The zero-order valence-corrected chi connectivity index (χ0v) is 17.8. The number of aromatic nitrogens is 4. The molecule has 1 amide bonds. The van der Waals surface area contributed by atoms with Gasteiger partial charge in [-0.3, -0.25) is 9.89 Å². The van der Waals surface area contributed by atoms with Gasteiger partial charge in [-0.25, -0.2) is 0 Å². The lowest BCUT2D eigenvalue weighted by atomic mass is 9.97. The highest BCUT2D eigenvalue weighted by atomic mass is 32.1. The Bertz CT molecular complexity index is 1180. The minimum atomic E-state index is -0.0871. The summed E-state index contributed by atoms with van der Waals surface area (Å²) in [6.45, 7) is 1.22. The van der Waals surface area contributed by atoms with E-state index in [9.17, 15) is 4.79 Å². The summed E-state index contributed by atoms with van der Waals surface area (Å²) in [5.41, 5.74) is 2.88. The Morgan fingerprint density at radius 1 is 1.29 bits per heavy atom. The van der Waals surface area contributed by atoms with Crippen molar-refractivity contribution in [2.75, 3.05) is 20.2 Å². The summed E-state index contributed by atoms with van der Waals surface area (Å²) in [5.74, 6) is 1.75. The smallest absolute Gasteiger partial charge is 0.271 e. The quantitative estimate of drug-likeness (QED) is 0.504. The van der Waals surface area contributed by atoms with E-state index in [-0.39, 0.29) is 11.8 Å². The number of H-pyrrole nitrogens is 1. The zero-order chi connectivity index (χ0) is 21.2. The third-order valence-electron chi connectivity index (χ3n) is 5.46. The fourth-order valence-corrected chi connectivity index (χ4v) is 4.49. The number of benzene rings is 1. The van der Waals surface area contributed by atoms with Gasteiger partial charge in [0.05, 0.1) is 18.7 Å². The standard InChI is InChI=1S/C22H21N5O3S/c1-29-19-7-3-2-6-16(19)17-11-18(24-23-17)22(28)27-9-4-5-14(12-27)20-25-26-21(30-20)15-8-10-31-13-15/h2-3,6-8,10-11,13-14H,4-5,9,12H2,1H3,(H,23,24). The number of thiophene rings is 1. The van der Waals surface area contributed by atoms with E-state index in [2.05, 4.69) is 20.4 Å². The van der Waals surface area contributed by atoms with Crippen molar-refractivity contribution in [1.82, 2.24) is 25.3 Å².